The Labute approximate surface area is 126 Å². The van der Waals surface area contributed by atoms with Crippen LogP contribution in [0.15, 0.2) is 18.2 Å². The summed E-state index contributed by atoms with van der Waals surface area (Å²) in [6.45, 7) is 7.13. The first-order valence-corrected chi connectivity index (χ1v) is 7.25. The molecule has 0 saturated heterocycles. The molecule has 0 atom stereocenters. The van der Waals surface area contributed by atoms with Gasteiger partial charge in [-0.25, -0.2) is 9.59 Å². The molecule has 2 aromatic rings. The largest absolute Gasteiger partial charge is 0.477 e. The van der Waals surface area contributed by atoms with E-state index >= 15 is 0 Å². The van der Waals surface area contributed by atoms with E-state index in [1.54, 1.807) is 45.9 Å². The van der Waals surface area contributed by atoms with Crippen molar-refractivity contribution in [3.8, 4) is 0 Å². The first-order valence-electron chi connectivity index (χ1n) is 6.44. The molecule has 2 N–H and O–H groups in total. The monoisotopic (exact) mass is 307 g/mol. The molecule has 0 fully saturated rings. The number of carbonyl (C=O) groups excluding carboxylic acids is 1. The lowest BCUT2D eigenvalue weighted by Crippen LogP contribution is -2.27. The summed E-state index contributed by atoms with van der Waals surface area (Å²) in [4.78, 5) is 23.2. The number of aryl methyl sites for hydroxylation is 1. The second-order valence-electron chi connectivity index (χ2n) is 5.70. The summed E-state index contributed by atoms with van der Waals surface area (Å²) in [5.41, 5.74) is 0.716. The highest BCUT2D eigenvalue weighted by Crippen LogP contribution is 2.32. The number of benzene rings is 1. The van der Waals surface area contributed by atoms with E-state index in [9.17, 15) is 9.59 Å². The van der Waals surface area contributed by atoms with E-state index in [0.29, 0.717) is 16.1 Å². The highest BCUT2D eigenvalue weighted by molar-refractivity contribution is 7.21. The van der Waals surface area contributed by atoms with Crippen LogP contribution in [-0.2, 0) is 4.74 Å². The van der Waals surface area contributed by atoms with Crippen molar-refractivity contribution in [2.45, 2.75) is 33.3 Å². The molecule has 1 aromatic carbocycles. The molecule has 0 aliphatic heterocycles. The molecule has 1 amide bonds. The number of hydrogen-bond acceptors (Lipinski definition) is 4. The van der Waals surface area contributed by atoms with Crippen molar-refractivity contribution in [3.63, 3.8) is 0 Å². The Kier molecular flexibility index (Phi) is 3.91. The maximum absolute atomic E-state index is 11.7. The first kappa shape index (κ1) is 15.3. The van der Waals surface area contributed by atoms with Crippen LogP contribution in [0.1, 0.15) is 36.0 Å². The quantitative estimate of drug-likeness (QED) is 0.869. The Balaban J connectivity index is 2.29. The van der Waals surface area contributed by atoms with Gasteiger partial charge in [-0.15, -0.1) is 11.3 Å². The minimum absolute atomic E-state index is 0.319. The van der Waals surface area contributed by atoms with Gasteiger partial charge < -0.3 is 9.84 Å². The average molecular weight is 307 g/mol. The van der Waals surface area contributed by atoms with Crippen LogP contribution >= 0.6 is 11.3 Å². The van der Waals surface area contributed by atoms with Crippen LogP contribution in [0.4, 0.5) is 10.5 Å². The van der Waals surface area contributed by atoms with Crippen molar-refractivity contribution >= 4 is 39.2 Å². The van der Waals surface area contributed by atoms with Crippen molar-refractivity contribution in [2.75, 3.05) is 5.32 Å². The lowest BCUT2D eigenvalue weighted by molar-refractivity contribution is 0.0634. The van der Waals surface area contributed by atoms with Crippen molar-refractivity contribution in [1.29, 1.82) is 0 Å². The molecule has 0 bridgehead atoms. The molecule has 6 heteroatoms. The highest BCUT2D eigenvalue weighted by Gasteiger charge is 2.18. The summed E-state index contributed by atoms with van der Waals surface area (Å²) < 4.78 is 6.06. The van der Waals surface area contributed by atoms with Crippen LogP contribution in [0.5, 0.6) is 0 Å². The third-order valence-electron chi connectivity index (χ3n) is 2.78. The van der Waals surface area contributed by atoms with Gasteiger partial charge in [0.1, 0.15) is 10.5 Å². The number of amides is 1. The molecule has 1 aromatic heterocycles. The van der Waals surface area contributed by atoms with E-state index in [4.69, 9.17) is 9.84 Å². The average Bonchev–Trinajstić information content (AvgIpc) is 2.64. The molecule has 2 rings (SSSR count). The van der Waals surface area contributed by atoms with Crippen LogP contribution < -0.4 is 5.32 Å². The van der Waals surface area contributed by atoms with E-state index in [-0.39, 0.29) is 0 Å². The maximum Gasteiger partial charge on any atom is 0.412 e. The van der Waals surface area contributed by atoms with Gasteiger partial charge in [-0.1, -0.05) is 0 Å². The molecule has 5 nitrogen and oxygen atoms in total. The second kappa shape index (κ2) is 5.37. The zero-order valence-electron chi connectivity index (χ0n) is 12.3. The van der Waals surface area contributed by atoms with Gasteiger partial charge in [0.05, 0.1) is 0 Å². The number of hydrogen-bond donors (Lipinski definition) is 2. The van der Waals surface area contributed by atoms with Gasteiger partial charge >= 0.3 is 12.1 Å². The number of carboxylic acids is 1. The van der Waals surface area contributed by atoms with Crippen molar-refractivity contribution in [2.24, 2.45) is 0 Å². The molecule has 21 heavy (non-hydrogen) atoms. The number of aromatic carboxylic acids is 1. The van der Waals surface area contributed by atoms with E-state index in [1.807, 2.05) is 0 Å². The molecule has 0 saturated carbocycles. The van der Waals surface area contributed by atoms with Gasteiger partial charge in [-0.2, -0.15) is 0 Å². The SMILES string of the molecule is Cc1c(C(=O)O)sc2ccc(NC(=O)OC(C)(C)C)cc12. The topological polar surface area (TPSA) is 75.6 Å². The minimum atomic E-state index is -0.935. The predicted octanol–water partition coefficient (Wildman–Crippen LogP) is 4.25. The van der Waals surface area contributed by atoms with Crippen molar-refractivity contribution in [3.05, 3.63) is 28.6 Å². The van der Waals surface area contributed by atoms with Crippen LogP contribution in [-0.4, -0.2) is 22.8 Å². The lowest BCUT2D eigenvalue weighted by atomic mass is 10.1. The molecule has 1 heterocycles. The van der Waals surface area contributed by atoms with Crippen molar-refractivity contribution in [1.82, 2.24) is 0 Å². The van der Waals surface area contributed by atoms with Gasteiger partial charge in [0.25, 0.3) is 0 Å². The fourth-order valence-electron chi connectivity index (χ4n) is 1.92. The second-order valence-corrected chi connectivity index (χ2v) is 6.75. The van der Waals surface area contributed by atoms with Gasteiger partial charge in [0.15, 0.2) is 0 Å². The number of nitrogens with one attached hydrogen (secondary N) is 1. The summed E-state index contributed by atoms with van der Waals surface area (Å²) in [5.74, 6) is -0.935. The Morgan fingerprint density at radius 3 is 2.52 bits per heavy atom. The fourth-order valence-corrected chi connectivity index (χ4v) is 2.95. The van der Waals surface area contributed by atoms with Gasteiger partial charge in [-0.3, -0.25) is 5.32 Å². The summed E-state index contributed by atoms with van der Waals surface area (Å²) in [5, 5.41) is 12.6. The highest BCUT2D eigenvalue weighted by atomic mass is 32.1. The molecule has 0 unspecified atom stereocenters. The normalized spacial score (nSPS) is 11.4. The number of rotatable bonds is 2. The molecule has 0 aliphatic rings. The van der Waals surface area contributed by atoms with Gasteiger partial charge in [0, 0.05) is 10.4 Å². The van der Waals surface area contributed by atoms with Crippen molar-refractivity contribution < 1.29 is 19.4 Å². The fraction of sp³-hybridized carbons (Fsp3) is 0.333. The van der Waals surface area contributed by atoms with Gasteiger partial charge in [-0.05, 0) is 56.8 Å². The standard InChI is InChI=1S/C15H17NO4S/c1-8-10-7-9(16-14(19)20-15(2,3)4)5-6-11(10)21-12(8)13(17)18/h5-7H,1-4H3,(H,16,19)(H,17,18). The third kappa shape index (κ3) is 3.52. The molecule has 0 spiro atoms. The van der Waals surface area contributed by atoms with Crippen LogP contribution in [0, 0.1) is 6.92 Å². The molecular weight excluding hydrogens is 290 g/mol. The Morgan fingerprint density at radius 1 is 1.29 bits per heavy atom. The van der Waals surface area contributed by atoms with Gasteiger partial charge in [0.2, 0.25) is 0 Å². The summed E-state index contributed by atoms with van der Waals surface area (Å²) >= 11 is 1.23. The minimum Gasteiger partial charge on any atom is -0.477 e. The molecule has 0 aliphatic carbocycles. The maximum atomic E-state index is 11.7. The summed E-state index contributed by atoms with van der Waals surface area (Å²) in [6.07, 6.45) is -0.534. The zero-order valence-corrected chi connectivity index (χ0v) is 13.1. The lowest BCUT2D eigenvalue weighted by Gasteiger charge is -2.19. The number of ether oxygens (including phenoxy) is 1. The number of anilines is 1. The molecular formula is C15H17NO4S. The molecule has 112 valence electrons. The number of fused-ring (bicyclic) bond motifs is 1. The Bertz CT molecular complexity index is 712. The first-order chi connectivity index (χ1) is 9.67. The van der Waals surface area contributed by atoms with Crippen LogP contribution in [0.2, 0.25) is 0 Å². The number of thiophene rings is 1. The van der Waals surface area contributed by atoms with Crippen LogP contribution in [0.3, 0.4) is 0 Å². The third-order valence-corrected chi connectivity index (χ3v) is 4.04. The molecule has 0 radical (unpaired) electrons. The van der Waals surface area contributed by atoms with Crippen LogP contribution in [0.25, 0.3) is 10.1 Å². The summed E-state index contributed by atoms with van der Waals surface area (Å²) in [7, 11) is 0. The van der Waals surface area contributed by atoms with E-state index in [1.165, 1.54) is 11.3 Å². The Morgan fingerprint density at radius 2 is 1.95 bits per heavy atom. The smallest absolute Gasteiger partial charge is 0.412 e. The number of carboxylic acid groups (broad SMARTS) is 1. The summed E-state index contributed by atoms with van der Waals surface area (Å²) in [6, 6.07) is 5.29. The predicted molar refractivity (Wildman–Crippen MR) is 83.4 cm³/mol. The zero-order chi connectivity index (χ0) is 15.8. The number of carbonyl (C=O) groups is 2. The van der Waals surface area contributed by atoms with E-state index in [0.717, 1.165) is 10.1 Å². The van der Waals surface area contributed by atoms with E-state index < -0.39 is 17.7 Å². The Hall–Kier alpha value is -2.08. The van der Waals surface area contributed by atoms with E-state index in [2.05, 4.69) is 5.32 Å².